The molecule has 0 radical (unpaired) electrons. The van der Waals surface area contributed by atoms with Gasteiger partial charge in [-0.1, -0.05) is 98.9 Å². The molecule has 3 aliphatic heterocycles. The first-order valence-electron chi connectivity index (χ1n) is 18.5. The number of allylic oxidation sites excluding steroid dienone is 2. The molecule has 236 valence electrons. The van der Waals surface area contributed by atoms with Crippen molar-refractivity contribution < 1.29 is 4.42 Å². The van der Waals surface area contributed by atoms with Gasteiger partial charge in [0.05, 0.1) is 17.0 Å². The third-order valence-electron chi connectivity index (χ3n) is 13.3. The summed E-state index contributed by atoms with van der Waals surface area (Å²) in [5.41, 5.74) is 3.35. The fourth-order valence-corrected chi connectivity index (χ4v) is 11.6. The Kier molecular flexibility index (Phi) is 7.32. The monoisotopic (exact) mass is 601 g/mol. The quantitative estimate of drug-likeness (QED) is 0.316. The molecule has 8 atom stereocenters. The zero-order valence-electron chi connectivity index (χ0n) is 26.9. The van der Waals surface area contributed by atoms with E-state index in [1.165, 1.54) is 87.1 Å². The summed E-state index contributed by atoms with van der Waals surface area (Å²) in [6.45, 7) is 3.27. The second-order valence-corrected chi connectivity index (χ2v) is 15.3. The SMILES string of the molecule is C1=CC(c2cc3ccccc3o2)(C2NCCC3CCCCC32)C(C2NCCc3ccccc32)(N2CCCC3CCCCC32)C=C1. The molecule has 1 aromatic heterocycles. The van der Waals surface area contributed by atoms with Crippen LogP contribution in [0.25, 0.3) is 11.0 Å². The van der Waals surface area contributed by atoms with E-state index < -0.39 is 0 Å². The van der Waals surface area contributed by atoms with Crippen molar-refractivity contribution in [1.29, 1.82) is 0 Å². The molecule has 4 heteroatoms. The van der Waals surface area contributed by atoms with E-state index in [1.807, 2.05) is 0 Å². The number of likely N-dealkylation sites (tertiary alicyclic amines) is 1. The average Bonchev–Trinajstić information content (AvgIpc) is 3.56. The molecular formula is C41H51N3O. The fraction of sp³-hybridized carbons (Fsp3) is 0.561. The number of rotatable bonds is 4. The first-order chi connectivity index (χ1) is 22.3. The summed E-state index contributed by atoms with van der Waals surface area (Å²) in [6, 6.07) is 21.7. The van der Waals surface area contributed by atoms with Gasteiger partial charge in [0.25, 0.3) is 0 Å². The van der Waals surface area contributed by atoms with E-state index in [-0.39, 0.29) is 17.0 Å². The smallest absolute Gasteiger partial charge is 0.134 e. The van der Waals surface area contributed by atoms with Crippen molar-refractivity contribution in [2.75, 3.05) is 19.6 Å². The van der Waals surface area contributed by atoms with Gasteiger partial charge in [-0.05, 0) is 106 Å². The number of furan rings is 1. The van der Waals surface area contributed by atoms with E-state index >= 15 is 0 Å². The second kappa shape index (κ2) is 11.5. The van der Waals surface area contributed by atoms with Gasteiger partial charge in [-0.3, -0.25) is 4.90 Å². The van der Waals surface area contributed by atoms with E-state index in [0.29, 0.717) is 18.0 Å². The van der Waals surface area contributed by atoms with Gasteiger partial charge in [0.15, 0.2) is 0 Å². The lowest BCUT2D eigenvalue weighted by Crippen LogP contribution is -2.77. The van der Waals surface area contributed by atoms with Crippen molar-refractivity contribution in [3.05, 3.63) is 95.8 Å². The second-order valence-electron chi connectivity index (χ2n) is 15.3. The summed E-state index contributed by atoms with van der Waals surface area (Å²) in [6.07, 6.45) is 26.1. The molecule has 0 bridgehead atoms. The maximum atomic E-state index is 7.23. The lowest BCUT2D eigenvalue weighted by atomic mass is 9.50. The fourth-order valence-electron chi connectivity index (χ4n) is 11.6. The highest BCUT2D eigenvalue weighted by atomic mass is 16.3. The lowest BCUT2D eigenvalue weighted by molar-refractivity contribution is -0.0815. The summed E-state index contributed by atoms with van der Waals surface area (Å²) in [5.74, 6) is 3.38. The van der Waals surface area contributed by atoms with Crippen LogP contribution in [0.4, 0.5) is 0 Å². The maximum absolute atomic E-state index is 7.23. The Morgan fingerprint density at radius 1 is 0.733 bits per heavy atom. The molecule has 4 heterocycles. The maximum Gasteiger partial charge on any atom is 0.134 e. The molecule has 3 aliphatic carbocycles. The van der Waals surface area contributed by atoms with E-state index in [4.69, 9.17) is 4.42 Å². The highest BCUT2D eigenvalue weighted by Crippen LogP contribution is 2.60. The molecule has 9 rings (SSSR count). The van der Waals surface area contributed by atoms with Crippen LogP contribution < -0.4 is 10.6 Å². The molecule has 3 aromatic rings. The molecule has 4 fully saturated rings. The summed E-state index contributed by atoms with van der Waals surface area (Å²) < 4.78 is 7.23. The van der Waals surface area contributed by atoms with Crippen LogP contribution >= 0.6 is 0 Å². The van der Waals surface area contributed by atoms with Crippen molar-refractivity contribution >= 4 is 11.0 Å². The van der Waals surface area contributed by atoms with Gasteiger partial charge in [0, 0.05) is 17.5 Å². The van der Waals surface area contributed by atoms with Crippen LogP contribution in [-0.2, 0) is 11.8 Å². The molecule has 0 amide bonds. The summed E-state index contributed by atoms with van der Waals surface area (Å²) >= 11 is 0. The zero-order valence-corrected chi connectivity index (χ0v) is 26.9. The van der Waals surface area contributed by atoms with E-state index in [1.54, 1.807) is 0 Å². The first-order valence-corrected chi connectivity index (χ1v) is 18.5. The normalized spacial score (nSPS) is 38.4. The Bertz CT molecular complexity index is 1550. The number of fused-ring (bicyclic) bond motifs is 4. The number of piperidine rings is 2. The Hall–Kier alpha value is -2.66. The van der Waals surface area contributed by atoms with Crippen LogP contribution in [0.5, 0.6) is 0 Å². The van der Waals surface area contributed by atoms with Gasteiger partial charge in [-0.25, -0.2) is 0 Å². The predicted octanol–water partition coefficient (Wildman–Crippen LogP) is 8.25. The van der Waals surface area contributed by atoms with Crippen molar-refractivity contribution in [2.24, 2.45) is 17.8 Å². The molecule has 2 aromatic carbocycles. The third kappa shape index (κ3) is 4.35. The van der Waals surface area contributed by atoms with Crippen molar-refractivity contribution in [2.45, 2.75) is 106 Å². The van der Waals surface area contributed by atoms with Gasteiger partial charge in [0.1, 0.15) is 11.3 Å². The molecule has 0 spiro atoms. The minimum Gasteiger partial charge on any atom is -0.460 e. The van der Waals surface area contributed by atoms with Crippen LogP contribution in [0.1, 0.15) is 93.6 Å². The Balaban J connectivity index is 1.35. The van der Waals surface area contributed by atoms with E-state index in [2.05, 4.69) is 94.4 Å². The number of hydrogen-bond acceptors (Lipinski definition) is 4. The van der Waals surface area contributed by atoms with Crippen LogP contribution in [0.15, 0.2) is 83.3 Å². The van der Waals surface area contributed by atoms with Crippen molar-refractivity contribution in [1.82, 2.24) is 15.5 Å². The molecule has 2 saturated carbocycles. The Morgan fingerprint density at radius 2 is 1.53 bits per heavy atom. The number of benzene rings is 2. The van der Waals surface area contributed by atoms with Crippen LogP contribution in [0.2, 0.25) is 0 Å². The van der Waals surface area contributed by atoms with Crippen molar-refractivity contribution in [3.8, 4) is 0 Å². The summed E-state index contributed by atoms with van der Waals surface area (Å²) in [7, 11) is 0. The molecule has 2 N–H and O–H groups in total. The largest absolute Gasteiger partial charge is 0.460 e. The topological polar surface area (TPSA) is 40.4 Å². The third-order valence-corrected chi connectivity index (χ3v) is 13.3. The standard InChI is InChI=1S/C41H51N3O/c1-5-17-33-29(12-1)21-25-42-38(33)40(37-28-32-15-4-8-20-36(32)45-37)23-9-10-24-41(40,39-34-18-6-2-13-30(34)22-26-43-39)44-27-11-16-31-14-3-7-19-35(31)44/h2,4,6,8-10,13,15,18,20,23-24,28-29,31,33,35,38-39,42-43H,1,3,5,7,11-12,14,16-17,19,21-22,25-27H2. The number of hydrogen-bond donors (Lipinski definition) is 2. The molecule has 45 heavy (non-hydrogen) atoms. The minimum atomic E-state index is -0.372. The molecular weight excluding hydrogens is 550 g/mol. The Morgan fingerprint density at radius 3 is 2.49 bits per heavy atom. The van der Waals surface area contributed by atoms with Crippen LogP contribution in [0, 0.1) is 17.8 Å². The highest BCUT2D eigenvalue weighted by molar-refractivity contribution is 5.78. The van der Waals surface area contributed by atoms with Crippen LogP contribution in [-0.4, -0.2) is 42.2 Å². The average molecular weight is 602 g/mol. The van der Waals surface area contributed by atoms with Gasteiger partial charge >= 0.3 is 0 Å². The molecule has 4 nitrogen and oxygen atoms in total. The molecule has 6 aliphatic rings. The van der Waals surface area contributed by atoms with Crippen LogP contribution in [0.3, 0.4) is 0 Å². The highest BCUT2D eigenvalue weighted by Gasteiger charge is 2.67. The minimum absolute atomic E-state index is 0.170. The summed E-state index contributed by atoms with van der Waals surface area (Å²) in [5, 5.41) is 9.78. The number of nitrogens with zero attached hydrogens (tertiary/aromatic N) is 1. The van der Waals surface area contributed by atoms with Gasteiger partial charge in [-0.2, -0.15) is 0 Å². The van der Waals surface area contributed by atoms with Gasteiger partial charge in [0.2, 0.25) is 0 Å². The van der Waals surface area contributed by atoms with Gasteiger partial charge < -0.3 is 15.1 Å². The number of para-hydroxylation sites is 1. The van der Waals surface area contributed by atoms with Crippen molar-refractivity contribution in [3.63, 3.8) is 0 Å². The van der Waals surface area contributed by atoms with E-state index in [9.17, 15) is 0 Å². The summed E-state index contributed by atoms with van der Waals surface area (Å²) in [4.78, 5) is 3.08. The zero-order chi connectivity index (χ0) is 29.8. The van der Waals surface area contributed by atoms with E-state index in [0.717, 1.165) is 49.2 Å². The Labute approximate surface area is 269 Å². The predicted molar refractivity (Wildman–Crippen MR) is 183 cm³/mol. The number of nitrogens with one attached hydrogen (secondary N) is 2. The first kappa shape index (κ1) is 28.6. The molecule has 2 saturated heterocycles. The molecule has 8 unspecified atom stereocenters. The lowest BCUT2D eigenvalue weighted by Gasteiger charge is -2.66. The van der Waals surface area contributed by atoms with Gasteiger partial charge in [-0.15, -0.1) is 0 Å².